The first-order valence-corrected chi connectivity index (χ1v) is 8.69. The minimum Gasteiger partial charge on any atom is -0.341 e. The van der Waals surface area contributed by atoms with Crippen LogP contribution in [0.25, 0.3) is 16.6 Å². The normalized spacial score (nSPS) is 17.2. The number of Topliss-reactive ketones (excluding diaryl/α,β-unsaturated/α-hetero) is 1. The van der Waals surface area contributed by atoms with Crippen LogP contribution in [0.3, 0.4) is 0 Å². The number of fused-ring (bicyclic) bond motifs is 3. The Morgan fingerprint density at radius 1 is 1.19 bits per heavy atom. The van der Waals surface area contributed by atoms with E-state index in [2.05, 4.69) is 4.98 Å². The minimum atomic E-state index is -2.63. The number of carbonyl (C=O) groups is 1. The topological polar surface area (TPSA) is 50.5 Å². The molecule has 0 atom stereocenters. The van der Waals surface area contributed by atoms with E-state index in [1.54, 1.807) is 6.20 Å². The molecular formula is C19H20F2N4O. The van der Waals surface area contributed by atoms with Crippen molar-refractivity contribution in [3.8, 4) is 0 Å². The van der Waals surface area contributed by atoms with Crippen LogP contribution in [0, 0.1) is 13.8 Å². The largest absolute Gasteiger partial charge is 0.341 e. The van der Waals surface area contributed by atoms with Crippen molar-refractivity contribution in [3.05, 3.63) is 35.2 Å². The highest BCUT2D eigenvalue weighted by Gasteiger charge is 2.35. The monoisotopic (exact) mass is 358 g/mol. The minimum absolute atomic E-state index is 0.0741. The molecule has 0 radical (unpaired) electrons. The number of hydrogen-bond donors (Lipinski definition) is 0. The van der Waals surface area contributed by atoms with E-state index in [1.807, 2.05) is 35.3 Å². The van der Waals surface area contributed by atoms with Gasteiger partial charge in [-0.1, -0.05) is 0 Å². The second kappa shape index (κ2) is 5.72. The molecule has 1 aliphatic heterocycles. The molecule has 0 bridgehead atoms. The molecule has 136 valence electrons. The van der Waals surface area contributed by atoms with E-state index in [0.717, 1.165) is 16.6 Å². The zero-order valence-electron chi connectivity index (χ0n) is 15.0. The maximum atomic E-state index is 13.6. The zero-order chi connectivity index (χ0) is 18.6. The SMILES string of the molecule is CC(=O)c1cc(C)cc2c1nc(N1CCC(F)(F)CC1)n1c(C)cnc21. The number of benzene rings is 1. The highest BCUT2D eigenvalue weighted by atomic mass is 19.3. The Morgan fingerprint density at radius 3 is 2.54 bits per heavy atom. The van der Waals surface area contributed by atoms with E-state index in [1.165, 1.54) is 6.92 Å². The number of hydrogen-bond acceptors (Lipinski definition) is 4. The third-order valence-electron chi connectivity index (χ3n) is 5.00. The van der Waals surface area contributed by atoms with Gasteiger partial charge in [0.1, 0.15) is 5.65 Å². The molecule has 1 aliphatic rings. The lowest BCUT2D eigenvalue weighted by molar-refractivity contribution is -0.0222. The van der Waals surface area contributed by atoms with Crippen LogP contribution in [0.4, 0.5) is 14.7 Å². The quantitative estimate of drug-likeness (QED) is 0.651. The molecule has 1 aromatic carbocycles. The molecule has 0 amide bonds. The van der Waals surface area contributed by atoms with Crippen molar-refractivity contribution in [2.45, 2.75) is 39.5 Å². The van der Waals surface area contributed by atoms with Crippen LogP contribution in [-0.2, 0) is 0 Å². The van der Waals surface area contributed by atoms with E-state index >= 15 is 0 Å². The highest BCUT2D eigenvalue weighted by molar-refractivity contribution is 6.09. The van der Waals surface area contributed by atoms with Crippen molar-refractivity contribution in [2.24, 2.45) is 0 Å². The van der Waals surface area contributed by atoms with Crippen LogP contribution in [0.1, 0.15) is 41.4 Å². The number of alkyl halides is 2. The van der Waals surface area contributed by atoms with E-state index in [9.17, 15) is 13.6 Å². The number of halogens is 2. The first kappa shape index (κ1) is 16.9. The number of rotatable bonds is 2. The van der Waals surface area contributed by atoms with Crippen LogP contribution in [0.2, 0.25) is 0 Å². The average molecular weight is 358 g/mol. The highest BCUT2D eigenvalue weighted by Crippen LogP contribution is 2.33. The van der Waals surface area contributed by atoms with Gasteiger partial charge in [-0.05, 0) is 38.5 Å². The summed E-state index contributed by atoms with van der Waals surface area (Å²) in [6, 6.07) is 3.78. The van der Waals surface area contributed by atoms with E-state index < -0.39 is 5.92 Å². The van der Waals surface area contributed by atoms with Crippen molar-refractivity contribution in [2.75, 3.05) is 18.0 Å². The Morgan fingerprint density at radius 2 is 1.88 bits per heavy atom. The van der Waals surface area contributed by atoms with E-state index in [4.69, 9.17) is 4.98 Å². The lowest BCUT2D eigenvalue weighted by atomic mass is 10.0. The lowest BCUT2D eigenvalue weighted by Crippen LogP contribution is -2.40. The predicted molar refractivity (Wildman–Crippen MR) is 96.4 cm³/mol. The summed E-state index contributed by atoms with van der Waals surface area (Å²) in [5.74, 6) is -2.13. The standard InChI is InChI=1S/C19H20F2N4O/c1-11-8-14(13(3)26)16-15(9-11)17-22-10-12(2)25(17)18(23-16)24-6-4-19(20,21)5-7-24/h8-10H,4-7H2,1-3H3. The Balaban J connectivity index is 2.00. The van der Waals surface area contributed by atoms with Gasteiger partial charge in [0, 0.05) is 48.8 Å². The maximum absolute atomic E-state index is 13.6. The molecule has 5 nitrogen and oxygen atoms in total. The van der Waals surface area contributed by atoms with Gasteiger partial charge in [0.25, 0.3) is 5.92 Å². The molecule has 26 heavy (non-hydrogen) atoms. The van der Waals surface area contributed by atoms with Gasteiger partial charge in [0.05, 0.1) is 5.52 Å². The van der Waals surface area contributed by atoms with Gasteiger partial charge in [0.2, 0.25) is 5.95 Å². The third-order valence-corrected chi connectivity index (χ3v) is 5.00. The number of imidazole rings is 1. The molecule has 1 saturated heterocycles. The van der Waals surface area contributed by atoms with Gasteiger partial charge in [-0.15, -0.1) is 0 Å². The molecule has 7 heteroatoms. The molecule has 0 aliphatic carbocycles. The Labute approximate surface area is 149 Å². The van der Waals surface area contributed by atoms with Crippen LogP contribution < -0.4 is 4.90 Å². The van der Waals surface area contributed by atoms with Gasteiger partial charge < -0.3 is 4.90 Å². The summed E-state index contributed by atoms with van der Waals surface area (Å²) < 4.78 is 29.1. The van der Waals surface area contributed by atoms with Crippen LogP contribution >= 0.6 is 0 Å². The fourth-order valence-electron chi connectivity index (χ4n) is 3.61. The summed E-state index contributed by atoms with van der Waals surface area (Å²) in [7, 11) is 0. The van der Waals surface area contributed by atoms with Crippen LogP contribution in [0.15, 0.2) is 18.3 Å². The van der Waals surface area contributed by atoms with Gasteiger partial charge >= 0.3 is 0 Å². The van der Waals surface area contributed by atoms with Gasteiger partial charge in [-0.2, -0.15) is 0 Å². The average Bonchev–Trinajstić information content (AvgIpc) is 2.96. The molecule has 0 unspecified atom stereocenters. The van der Waals surface area contributed by atoms with Crippen molar-refractivity contribution in [3.63, 3.8) is 0 Å². The lowest BCUT2D eigenvalue weighted by Gasteiger charge is -2.33. The summed E-state index contributed by atoms with van der Waals surface area (Å²) in [4.78, 5) is 23.3. The van der Waals surface area contributed by atoms with Crippen molar-refractivity contribution >= 4 is 28.3 Å². The fourth-order valence-corrected chi connectivity index (χ4v) is 3.61. The van der Waals surface area contributed by atoms with Crippen molar-refractivity contribution < 1.29 is 13.6 Å². The van der Waals surface area contributed by atoms with Gasteiger partial charge in [-0.25, -0.2) is 18.7 Å². The number of ketones is 1. The van der Waals surface area contributed by atoms with Crippen LogP contribution in [0.5, 0.6) is 0 Å². The smallest absolute Gasteiger partial charge is 0.251 e. The summed E-state index contributed by atoms with van der Waals surface area (Å²) in [5.41, 5.74) is 3.65. The van der Waals surface area contributed by atoms with Crippen molar-refractivity contribution in [1.29, 1.82) is 0 Å². The second-order valence-electron chi connectivity index (χ2n) is 7.08. The molecule has 0 saturated carbocycles. The number of aromatic nitrogens is 3. The number of anilines is 1. The van der Waals surface area contributed by atoms with E-state index in [-0.39, 0.29) is 31.7 Å². The third kappa shape index (κ3) is 2.62. The molecular weight excluding hydrogens is 338 g/mol. The molecule has 0 spiro atoms. The molecule has 1 fully saturated rings. The second-order valence-corrected chi connectivity index (χ2v) is 7.08. The first-order valence-electron chi connectivity index (χ1n) is 8.69. The predicted octanol–water partition coefficient (Wildman–Crippen LogP) is 3.94. The Hall–Kier alpha value is -2.57. The summed E-state index contributed by atoms with van der Waals surface area (Å²) in [6.07, 6.45) is 1.35. The molecule has 2 aromatic heterocycles. The van der Waals surface area contributed by atoms with Gasteiger partial charge in [-0.3, -0.25) is 9.20 Å². The fraction of sp³-hybridized carbons (Fsp3) is 0.421. The molecule has 4 rings (SSSR count). The number of nitrogens with zero attached hydrogens (tertiary/aromatic N) is 4. The Bertz CT molecular complexity index is 1030. The Kier molecular flexibility index (Phi) is 3.71. The first-order chi connectivity index (χ1) is 12.3. The zero-order valence-corrected chi connectivity index (χ0v) is 15.0. The molecule has 3 aromatic rings. The summed E-state index contributed by atoms with van der Waals surface area (Å²) in [6.45, 7) is 5.80. The maximum Gasteiger partial charge on any atom is 0.251 e. The van der Waals surface area contributed by atoms with Crippen LogP contribution in [-0.4, -0.2) is 39.2 Å². The number of aryl methyl sites for hydroxylation is 2. The molecule has 0 N–H and O–H groups in total. The summed E-state index contributed by atoms with van der Waals surface area (Å²) >= 11 is 0. The van der Waals surface area contributed by atoms with Gasteiger partial charge in [0.15, 0.2) is 5.78 Å². The number of carbonyl (C=O) groups excluding carboxylic acids is 1. The number of piperidine rings is 1. The van der Waals surface area contributed by atoms with Crippen molar-refractivity contribution in [1.82, 2.24) is 14.4 Å². The summed E-state index contributed by atoms with van der Waals surface area (Å²) in [5, 5.41) is 0.800. The van der Waals surface area contributed by atoms with E-state index in [0.29, 0.717) is 22.7 Å². The molecule has 3 heterocycles.